The first-order valence-corrected chi connectivity index (χ1v) is 15.1. The first kappa shape index (κ1) is 26.5. The van der Waals surface area contributed by atoms with E-state index in [2.05, 4.69) is 163 Å². The van der Waals surface area contributed by atoms with Gasteiger partial charge in [-0.3, -0.25) is 0 Å². The van der Waals surface area contributed by atoms with Crippen molar-refractivity contribution in [3.05, 3.63) is 132 Å². The third-order valence-corrected chi connectivity index (χ3v) is 8.95. The van der Waals surface area contributed by atoms with Crippen molar-refractivity contribution >= 4 is 43.1 Å². The molecular formula is C42H38. The van der Waals surface area contributed by atoms with Crippen LogP contribution in [0.2, 0.25) is 0 Å². The lowest BCUT2D eigenvalue weighted by atomic mass is 9.79. The first-order valence-electron chi connectivity index (χ1n) is 15.1. The smallest absolute Gasteiger partial charge is 0.00200 e. The van der Waals surface area contributed by atoms with Crippen LogP contribution < -0.4 is 0 Å². The number of hydrogen-bond donors (Lipinski definition) is 0. The molecule has 0 heteroatoms. The van der Waals surface area contributed by atoms with Crippen LogP contribution in [-0.2, 0) is 10.8 Å². The Labute approximate surface area is 249 Å². The molecule has 0 radical (unpaired) electrons. The summed E-state index contributed by atoms with van der Waals surface area (Å²) in [5.41, 5.74) is 8.00. The normalized spacial score (nSPS) is 12.5. The highest BCUT2D eigenvalue weighted by Gasteiger charge is 2.23. The van der Waals surface area contributed by atoms with Crippen LogP contribution in [0.25, 0.3) is 65.3 Å². The molecule has 7 aromatic rings. The van der Waals surface area contributed by atoms with E-state index in [9.17, 15) is 0 Å². The maximum atomic E-state index is 2.47. The fourth-order valence-corrected chi connectivity index (χ4v) is 6.55. The maximum absolute atomic E-state index is 2.47. The van der Waals surface area contributed by atoms with E-state index in [1.54, 1.807) is 0 Å². The summed E-state index contributed by atoms with van der Waals surface area (Å²) < 4.78 is 0. The van der Waals surface area contributed by atoms with Gasteiger partial charge in [-0.25, -0.2) is 0 Å². The summed E-state index contributed by atoms with van der Waals surface area (Å²) in [5, 5.41) is 10.4. The van der Waals surface area contributed by atoms with Crippen molar-refractivity contribution in [3.63, 3.8) is 0 Å². The number of fused-ring (bicyclic) bond motifs is 4. The predicted molar refractivity (Wildman–Crippen MR) is 185 cm³/mol. The lowest BCUT2D eigenvalue weighted by Crippen LogP contribution is -2.11. The van der Waals surface area contributed by atoms with Crippen molar-refractivity contribution in [1.82, 2.24) is 0 Å². The number of rotatable bonds is 2. The summed E-state index contributed by atoms with van der Waals surface area (Å²) in [4.78, 5) is 0. The van der Waals surface area contributed by atoms with Gasteiger partial charge in [0, 0.05) is 0 Å². The quantitative estimate of drug-likeness (QED) is 0.191. The van der Waals surface area contributed by atoms with Crippen LogP contribution in [0.1, 0.15) is 52.7 Å². The second-order valence-electron chi connectivity index (χ2n) is 13.9. The fourth-order valence-electron chi connectivity index (χ4n) is 6.55. The largest absolute Gasteiger partial charge is 0.0616 e. The lowest BCUT2D eigenvalue weighted by Gasteiger charge is -2.25. The molecule has 0 aliphatic heterocycles. The van der Waals surface area contributed by atoms with Crippen molar-refractivity contribution < 1.29 is 0 Å². The molecule has 206 valence electrons. The van der Waals surface area contributed by atoms with E-state index in [-0.39, 0.29) is 10.8 Å². The Kier molecular flexibility index (Phi) is 6.03. The van der Waals surface area contributed by atoms with Crippen molar-refractivity contribution in [2.24, 2.45) is 0 Å². The van der Waals surface area contributed by atoms with Crippen LogP contribution in [0.4, 0.5) is 0 Å². The maximum Gasteiger partial charge on any atom is -0.00200 e. The van der Waals surface area contributed by atoms with Gasteiger partial charge >= 0.3 is 0 Å². The first-order chi connectivity index (χ1) is 20.1. The molecule has 0 aliphatic rings. The average Bonchev–Trinajstić information content (AvgIpc) is 2.98. The van der Waals surface area contributed by atoms with E-state index in [1.807, 2.05) is 0 Å². The predicted octanol–water partition coefficient (Wildman–Crippen LogP) is 12.2. The van der Waals surface area contributed by atoms with Gasteiger partial charge in [0.05, 0.1) is 0 Å². The molecule has 0 spiro atoms. The molecule has 42 heavy (non-hydrogen) atoms. The van der Waals surface area contributed by atoms with Gasteiger partial charge in [0.15, 0.2) is 0 Å². The molecule has 0 saturated heterocycles. The zero-order valence-corrected chi connectivity index (χ0v) is 25.5. The van der Waals surface area contributed by atoms with Crippen molar-refractivity contribution in [2.45, 2.75) is 52.4 Å². The Hall–Kier alpha value is -4.42. The van der Waals surface area contributed by atoms with E-state index in [4.69, 9.17) is 0 Å². The summed E-state index contributed by atoms with van der Waals surface area (Å²) in [6.45, 7) is 13.9. The minimum Gasteiger partial charge on any atom is -0.0616 e. The van der Waals surface area contributed by atoms with E-state index in [1.165, 1.54) is 76.5 Å². The van der Waals surface area contributed by atoms with Gasteiger partial charge in [0.2, 0.25) is 0 Å². The Balaban J connectivity index is 1.71. The topological polar surface area (TPSA) is 0 Å². The molecule has 0 fully saturated rings. The van der Waals surface area contributed by atoms with Gasteiger partial charge in [0.25, 0.3) is 0 Å². The molecule has 0 saturated carbocycles. The van der Waals surface area contributed by atoms with Gasteiger partial charge in [-0.1, -0.05) is 145 Å². The highest BCUT2D eigenvalue weighted by Crippen LogP contribution is 2.47. The highest BCUT2D eigenvalue weighted by atomic mass is 14.3. The Bertz CT molecular complexity index is 2140. The highest BCUT2D eigenvalue weighted by molar-refractivity contribution is 6.24. The lowest BCUT2D eigenvalue weighted by molar-refractivity contribution is 0.590. The molecule has 7 aromatic carbocycles. The van der Waals surface area contributed by atoms with E-state index in [0.717, 1.165) is 0 Å². The van der Waals surface area contributed by atoms with Crippen molar-refractivity contribution in [2.75, 3.05) is 0 Å². The number of benzene rings is 7. The van der Waals surface area contributed by atoms with Gasteiger partial charge in [-0.2, -0.15) is 0 Å². The second kappa shape index (κ2) is 9.57. The molecule has 0 atom stereocenters. The summed E-state index contributed by atoms with van der Waals surface area (Å²) >= 11 is 0. The third kappa shape index (κ3) is 4.38. The SMILES string of the molecule is CC(C)(C)c1ccc2c(-c3cccc4ccccc34)c3cc(C(C)(C)C)ccc3c(-c3ccc4ccccc4c3)c2c1. The van der Waals surface area contributed by atoms with E-state index in [0.29, 0.717) is 0 Å². The molecule has 0 aliphatic carbocycles. The van der Waals surface area contributed by atoms with Crippen LogP contribution in [0.15, 0.2) is 121 Å². The summed E-state index contributed by atoms with van der Waals surface area (Å²) in [6, 6.07) is 45.6. The van der Waals surface area contributed by atoms with Crippen LogP contribution in [0.3, 0.4) is 0 Å². The molecule has 0 nitrogen and oxygen atoms in total. The molecule has 0 heterocycles. The van der Waals surface area contributed by atoms with Gasteiger partial charge in [-0.05, 0) is 105 Å². The summed E-state index contributed by atoms with van der Waals surface area (Å²) in [5.74, 6) is 0. The van der Waals surface area contributed by atoms with E-state index >= 15 is 0 Å². The van der Waals surface area contributed by atoms with Crippen LogP contribution >= 0.6 is 0 Å². The molecule has 0 N–H and O–H groups in total. The fraction of sp³-hybridized carbons (Fsp3) is 0.190. The third-order valence-electron chi connectivity index (χ3n) is 8.95. The Morgan fingerprint density at radius 2 is 0.905 bits per heavy atom. The second-order valence-corrected chi connectivity index (χ2v) is 13.9. The molecule has 0 aromatic heterocycles. The summed E-state index contributed by atoms with van der Waals surface area (Å²) in [6.07, 6.45) is 0. The summed E-state index contributed by atoms with van der Waals surface area (Å²) in [7, 11) is 0. The molecule has 0 bridgehead atoms. The molecule has 7 rings (SSSR count). The van der Waals surface area contributed by atoms with Gasteiger partial charge < -0.3 is 0 Å². The van der Waals surface area contributed by atoms with Crippen LogP contribution in [-0.4, -0.2) is 0 Å². The Morgan fingerprint density at radius 3 is 1.57 bits per heavy atom. The zero-order chi connectivity index (χ0) is 29.2. The monoisotopic (exact) mass is 542 g/mol. The molecule has 0 amide bonds. The van der Waals surface area contributed by atoms with Gasteiger partial charge in [-0.15, -0.1) is 0 Å². The van der Waals surface area contributed by atoms with Crippen molar-refractivity contribution in [3.8, 4) is 22.3 Å². The van der Waals surface area contributed by atoms with Crippen LogP contribution in [0.5, 0.6) is 0 Å². The zero-order valence-electron chi connectivity index (χ0n) is 25.5. The standard InChI is InChI=1S/C42H38/c1-41(2,3)31-21-23-36-37(25-31)39(30-19-18-27-12-7-8-14-29(27)24-30)35-22-20-32(42(4,5)6)26-38(35)40(36)34-17-11-15-28-13-9-10-16-33(28)34/h7-26H,1-6H3. The molecular weight excluding hydrogens is 504 g/mol. The van der Waals surface area contributed by atoms with Gasteiger partial charge in [0.1, 0.15) is 0 Å². The van der Waals surface area contributed by atoms with Crippen molar-refractivity contribution in [1.29, 1.82) is 0 Å². The van der Waals surface area contributed by atoms with E-state index < -0.39 is 0 Å². The minimum absolute atomic E-state index is 0.0401. The van der Waals surface area contributed by atoms with Crippen LogP contribution in [0, 0.1) is 0 Å². The Morgan fingerprint density at radius 1 is 0.357 bits per heavy atom. The minimum atomic E-state index is 0.0401. The molecule has 0 unspecified atom stereocenters. The number of hydrogen-bond acceptors (Lipinski definition) is 0. The average molecular weight is 543 g/mol.